The summed E-state index contributed by atoms with van der Waals surface area (Å²) in [7, 11) is 1.67. The summed E-state index contributed by atoms with van der Waals surface area (Å²) in [5.41, 5.74) is 2.24. The van der Waals surface area contributed by atoms with E-state index in [4.69, 9.17) is 4.74 Å². The standard InChI is InChI=1S/C11H11NO/c1-8-5-6-12-11-4-3-9(13-2)7-10(8)11/h3-7H,1-2H3. The molecule has 0 fully saturated rings. The molecule has 2 nitrogen and oxygen atoms in total. The topological polar surface area (TPSA) is 22.1 Å². The molecule has 2 rings (SSSR count). The highest BCUT2D eigenvalue weighted by atomic mass is 16.5. The SMILES string of the molecule is COc1ccc2nccc(C)c2c1. The second kappa shape index (κ2) is 3.05. The predicted octanol–water partition coefficient (Wildman–Crippen LogP) is 2.55. The Morgan fingerprint density at radius 1 is 1.23 bits per heavy atom. The third kappa shape index (κ3) is 1.35. The average Bonchev–Trinajstić information content (AvgIpc) is 2.18. The van der Waals surface area contributed by atoms with Crippen molar-refractivity contribution in [3.8, 4) is 5.75 Å². The Kier molecular flexibility index (Phi) is 1.89. The summed E-state index contributed by atoms with van der Waals surface area (Å²) in [4.78, 5) is 4.26. The van der Waals surface area contributed by atoms with Crippen molar-refractivity contribution in [1.29, 1.82) is 0 Å². The van der Waals surface area contributed by atoms with Crippen LogP contribution >= 0.6 is 0 Å². The smallest absolute Gasteiger partial charge is 0.119 e. The molecule has 0 amide bonds. The van der Waals surface area contributed by atoms with Gasteiger partial charge in [-0.05, 0) is 36.8 Å². The van der Waals surface area contributed by atoms with Gasteiger partial charge in [0.25, 0.3) is 0 Å². The number of rotatable bonds is 1. The maximum absolute atomic E-state index is 5.15. The van der Waals surface area contributed by atoms with Crippen LogP contribution < -0.4 is 4.74 Å². The highest BCUT2D eigenvalue weighted by molar-refractivity contribution is 5.83. The number of fused-ring (bicyclic) bond motifs is 1. The molecule has 1 heterocycles. The summed E-state index contributed by atoms with van der Waals surface area (Å²) in [6.45, 7) is 2.07. The van der Waals surface area contributed by atoms with Crippen LogP contribution in [0.2, 0.25) is 0 Å². The van der Waals surface area contributed by atoms with Crippen LogP contribution in [0.25, 0.3) is 10.9 Å². The minimum absolute atomic E-state index is 0.878. The zero-order valence-corrected chi connectivity index (χ0v) is 7.74. The molecule has 0 unspecified atom stereocenters. The maximum atomic E-state index is 5.15. The Bertz CT molecular complexity index is 437. The van der Waals surface area contributed by atoms with Crippen LogP contribution in [-0.4, -0.2) is 12.1 Å². The Hall–Kier alpha value is -1.57. The van der Waals surface area contributed by atoms with Gasteiger partial charge < -0.3 is 4.74 Å². The van der Waals surface area contributed by atoms with Crippen molar-refractivity contribution in [3.05, 3.63) is 36.0 Å². The number of nitrogens with zero attached hydrogens (tertiary/aromatic N) is 1. The van der Waals surface area contributed by atoms with Gasteiger partial charge in [0.15, 0.2) is 0 Å². The quantitative estimate of drug-likeness (QED) is 0.661. The van der Waals surface area contributed by atoms with Crippen molar-refractivity contribution in [1.82, 2.24) is 4.98 Å². The third-order valence-corrected chi connectivity index (χ3v) is 2.17. The highest BCUT2D eigenvalue weighted by Crippen LogP contribution is 2.21. The van der Waals surface area contributed by atoms with Crippen LogP contribution in [0.5, 0.6) is 5.75 Å². The summed E-state index contributed by atoms with van der Waals surface area (Å²) < 4.78 is 5.15. The van der Waals surface area contributed by atoms with Gasteiger partial charge >= 0.3 is 0 Å². The first-order valence-corrected chi connectivity index (χ1v) is 4.20. The van der Waals surface area contributed by atoms with Gasteiger partial charge in [0.05, 0.1) is 12.6 Å². The minimum atomic E-state index is 0.878. The number of ether oxygens (including phenoxy) is 1. The first-order valence-electron chi connectivity index (χ1n) is 4.20. The van der Waals surface area contributed by atoms with E-state index in [1.165, 1.54) is 5.56 Å². The zero-order chi connectivity index (χ0) is 9.26. The zero-order valence-electron chi connectivity index (χ0n) is 7.74. The van der Waals surface area contributed by atoms with Gasteiger partial charge in [0, 0.05) is 11.6 Å². The van der Waals surface area contributed by atoms with E-state index in [9.17, 15) is 0 Å². The molecule has 66 valence electrons. The van der Waals surface area contributed by atoms with E-state index in [-0.39, 0.29) is 0 Å². The Morgan fingerprint density at radius 3 is 2.85 bits per heavy atom. The van der Waals surface area contributed by atoms with Crippen molar-refractivity contribution in [2.75, 3.05) is 7.11 Å². The van der Waals surface area contributed by atoms with Gasteiger partial charge in [-0.15, -0.1) is 0 Å². The molecule has 2 heteroatoms. The van der Waals surface area contributed by atoms with E-state index in [0.717, 1.165) is 16.7 Å². The number of methoxy groups -OCH3 is 1. The minimum Gasteiger partial charge on any atom is -0.497 e. The number of hydrogen-bond acceptors (Lipinski definition) is 2. The summed E-state index contributed by atoms with van der Waals surface area (Å²) in [6, 6.07) is 7.91. The molecule has 0 saturated heterocycles. The summed E-state index contributed by atoms with van der Waals surface area (Å²) in [5.74, 6) is 0.878. The summed E-state index contributed by atoms with van der Waals surface area (Å²) in [6.07, 6.45) is 1.82. The van der Waals surface area contributed by atoms with Gasteiger partial charge in [-0.3, -0.25) is 4.98 Å². The lowest BCUT2D eigenvalue weighted by atomic mass is 10.1. The van der Waals surface area contributed by atoms with E-state index >= 15 is 0 Å². The van der Waals surface area contributed by atoms with E-state index < -0.39 is 0 Å². The fourth-order valence-electron chi connectivity index (χ4n) is 1.39. The number of pyridine rings is 1. The first-order chi connectivity index (χ1) is 6.31. The molecule has 0 radical (unpaired) electrons. The lowest BCUT2D eigenvalue weighted by molar-refractivity contribution is 0.415. The molecule has 0 spiro atoms. The van der Waals surface area contributed by atoms with E-state index in [1.807, 2.05) is 30.5 Å². The van der Waals surface area contributed by atoms with Gasteiger partial charge in [0.1, 0.15) is 5.75 Å². The second-order valence-electron chi connectivity index (χ2n) is 3.01. The van der Waals surface area contributed by atoms with Gasteiger partial charge in [0.2, 0.25) is 0 Å². The molecule has 0 aliphatic rings. The third-order valence-electron chi connectivity index (χ3n) is 2.17. The van der Waals surface area contributed by atoms with Gasteiger partial charge in [-0.25, -0.2) is 0 Å². The fourth-order valence-corrected chi connectivity index (χ4v) is 1.39. The van der Waals surface area contributed by atoms with E-state index in [0.29, 0.717) is 0 Å². The van der Waals surface area contributed by atoms with Gasteiger partial charge in [-0.2, -0.15) is 0 Å². The molecular weight excluding hydrogens is 162 g/mol. The average molecular weight is 173 g/mol. The predicted molar refractivity (Wildman–Crippen MR) is 53.0 cm³/mol. The van der Waals surface area contributed by atoms with E-state index in [1.54, 1.807) is 7.11 Å². The van der Waals surface area contributed by atoms with Gasteiger partial charge in [-0.1, -0.05) is 0 Å². The van der Waals surface area contributed by atoms with Crippen LogP contribution in [0.4, 0.5) is 0 Å². The number of hydrogen-bond donors (Lipinski definition) is 0. The molecule has 0 saturated carbocycles. The van der Waals surface area contributed by atoms with Crippen LogP contribution in [0.3, 0.4) is 0 Å². The van der Waals surface area contributed by atoms with Crippen LogP contribution in [-0.2, 0) is 0 Å². The van der Waals surface area contributed by atoms with Crippen molar-refractivity contribution in [2.24, 2.45) is 0 Å². The van der Waals surface area contributed by atoms with E-state index in [2.05, 4.69) is 11.9 Å². The molecule has 0 aliphatic carbocycles. The van der Waals surface area contributed by atoms with Crippen molar-refractivity contribution < 1.29 is 4.74 Å². The van der Waals surface area contributed by atoms with Crippen molar-refractivity contribution >= 4 is 10.9 Å². The molecule has 13 heavy (non-hydrogen) atoms. The largest absolute Gasteiger partial charge is 0.497 e. The van der Waals surface area contributed by atoms with Crippen LogP contribution in [0.1, 0.15) is 5.56 Å². The highest BCUT2D eigenvalue weighted by Gasteiger charge is 1.98. The molecule has 0 atom stereocenters. The van der Waals surface area contributed by atoms with Crippen molar-refractivity contribution in [2.45, 2.75) is 6.92 Å². The molecule has 0 N–H and O–H groups in total. The molecule has 0 bridgehead atoms. The molecular formula is C11H11NO. The fraction of sp³-hybridized carbons (Fsp3) is 0.182. The van der Waals surface area contributed by atoms with Crippen molar-refractivity contribution in [3.63, 3.8) is 0 Å². The number of benzene rings is 1. The second-order valence-corrected chi connectivity index (χ2v) is 3.01. The first kappa shape index (κ1) is 8.05. The van der Waals surface area contributed by atoms with Crippen LogP contribution in [0, 0.1) is 6.92 Å². The normalized spacial score (nSPS) is 10.3. The maximum Gasteiger partial charge on any atom is 0.119 e. The molecule has 2 aromatic rings. The summed E-state index contributed by atoms with van der Waals surface area (Å²) in [5, 5.41) is 1.15. The summed E-state index contributed by atoms with van der Waals surface area (Å²) >= 11 is 0. The molecule has 0 aliphatic heterocycles. The Morgan fingerprint density at radius 2 is 2.08 bits per heavy atom. The number of aromatic nitrogens is 1. The van der Waals surface area contributed by atoms with Crippen LogP contribution in [0.15, 0.2) is 30.5 Å². The Balaban J connectivity index is 2.74. The monoisotopic (exact) mass is 173 g/mol. The molecule has 1 aromatic heterocycles. The lowest BCUT2D eigenvalue weighted by Crippen LogP contribution is -1.85. The Labute approximate surface area is 77.2 Å². The molecule has 1 aromatic carbocycles. The number of aryl methyl sites for hydroxylation is 1. The lowest BCUT2D eigenvalue weighted by Gasteiger charge is -2.03.